The smallest absolute Gasteiger partial charge is 0.273 e. The van der Waals surface area contributed by atoms with Crippen molar-refractivity contribution in [2.45, 2.75) is 25.4 Å². The second-order valence-corrected chi connectivity index (χ2v) is 6.28. The van der Waals surface area contributed by atoms with Gasteiger partial charge in [0.1, 0.15) is 23.9 Å². The summed E-state index contributed by atoms with van der Waals surface area (Å²) in [7, 11) is 0. The van der Waals surface area contributed by atoms with Crippen molar-refractivity contribution in [3.8, 4) is 0 Å². The lowest BCUT2D eigenvalue weighted by Crippen LogP contribution is -2.38. The molecule has 0 saturated heterocycles. The lowest BCUT2D eigenvalue weighted by Gasteiger charge is -2.15. The molecule has 152 valence electrons. The Bertz CT molecular complexity index is 1110. The molecule has 1 amide bonds. The van der Waals surface area contributed by atoms with Crippen LogP contribution in [0, 0.1) is 11.6 Å². The largest absolute Gasteiger partial charge is 0.396 e. The quantitative estimate of drug-likeness (QED) is 0.654. The van der Waals surface area contributed by atoms with Gasteiger partial charge in [0, 0.05) is 12.5 Å². The van der Waals surface area contributed by atoms with E-state index in [1.807, 2.05) is 0 Å². The van der Waals surface area contributed by atoms with Crippen molar-refractivity contribution in [1.82, 2.24) is 9.66 Å². The summed E-state index contributed by atoms with van der Waals surface area (Å²) in [4.78, 5) is 28.5. The Labute approximate surface area is 160 Å². The van der Waals surface area contributed by atoms with E-state index in [1.54, 1.807) is 0 Å². The molecule has 0 unspecified atom stereocenters. The van der Waals surface area contributed by atoms with E-state index in [0.717, 1.165) is 18.2 Å². The van der Waals surface area contributed by atoms with Crippen LogP contribution in [0.5, 0.6) is 0 Å². The van der Waals surface area contributed by atoms with Crippen molar-refractivity contribution >= 4 is 16.8 Å². The Kier molecular flexibility index (Phi) is 5.62. The van der Waals surface area contributed by atoms with Crippen LogP contribution in [0.3, 0.4) is 0 Å². The first-order valence-corrected chi connectivity index (χ1v) is 8.44. The Hall–Kier alpha value is -3.30. The summed E-state index contributed by atoms with van der Waals surface area (Å²) in [6.07, 6.45) is -6.28. The average Bonchev–Trinajstić information content (AvgIpc) is 2.63. The number of hydrogen-bond donors (Lipinski definition) is 1. The number of benzene rings is 2. The van der Waals surface area contributed by atoms with Crippen LogP contribution in [-0.4, -0.2) is 21.7 Å². The van der Waals surface area contributed by atoms with E-state index in [0.29, 0.717) is 10.2 Å². The van der Waals surface area contributed by atoms with Gasteiger partial charge in [-0.05, 0) is 36.2 Å². The van der Waals surface area contributed by atoms with E-state index < -0.39 is 41.5 Å². The number of halogens is 5. The Morgan fingerprint density at radius 1 is 1.03 bits per heavy atom. The number of nitrogens with one attached hydrogen (secondary N) is 1. The van der Waals surface area contributed by atoms with Gasteiger partial charge < -0.3 is 0 Å². The molecule has 29 heavy (non-hydrogen) atoms. The third-order valence-corrected chi connectivity index (χ3v) is 4.05. The van der Waals surface area contributed by atoms with Gasteiger partial charge >= 0.3 is 6.18 Å². The summed E-state index contributed by atoms with van der Waals surface area (Å²) >= 11 is 0. The third-order valence-electron chi connectivity index (χ3n) is 4.05. The number of aromatic nitrogens is 2. The van der Waals surface area contributed by atoms with Gasteiger partial charge in [-0.25, -0.2) is 18.4 Å². The normalized spacial score (nSPS) is 11.6. The van der Waals surface area contributed by atoms with Crippen LogP contribution in [0.15, 0.2) is 47.3 Å². The number of aryl methyl sites for hydroxylation is 1. The molecule has 5 nitrogen and oxygen atoms in total. The van der Waals surface area contributed by atoms with E-state index in [9.17, 15) is 31.5 Å². The maximum Gasteiger partial charge on any atom is 0.396 e. The summed E-state index contributed by atoms with van der Waals surface area (Å²) in [6, 6.07) is 8.26. The second-order valence-electron chi connectivity index (χ2n) is 6.28. The van der Waals surface area contributed by atoms with E-state index in [4.69, 9.17) is 0 Å². The fraction of sp³-hybridized carbons (Fsp3) is 0.211. The highest BCUT2D eigenvalue weighted by Gasteiger charge is 2.31. The number of fused-ring (bicyclic) bond motifs is 1. The predicted molar refractivity (Wildman–Crippen MR) is 94.8 cm³/mol. The van der Waals surface area contributed by atoms with Gasteiger partial charge in [-0.15, -0.1) is 0 Å². The Morgan fingerprint density at radius 2 is 1.69 bits per heavy atom. The summed E-state index contributed by atoms with van der Waals surface area (Å²) in [5.41, 5.74) is 1.56. The van der Waals surface area contributed by atoms with E-state index in [2.05, 4.69) is 10.4 Å². The molecule has 0 fully saturated rings. The minimum atomic E-state index is -4.71. The van der Waals surface area contributed by atoms with Crippen molar-refractivity contribution in [1.29, 1.82) is 0 Å². The maximum atomic E-state index is 13.4. The second kappa shape index (κ2) is 7.98. The van der Waals surface area contributed by atoms with E-state index >= 15 is 0 Å². The highest BCUT2D eigenvalue weighted by molar-refractivity contribution is 5.84. The minimum Gasteiger partial charge on any atom is -0.273 e. The SMILES string of the molecule is O=C(CCc1ccc(F)cc1)Nn1c(CC(F)(F)F)nc2cc(F)ccc2c1=O. The summed E-state index contributed by atoms with van der Waals surface area (Å²) in [6.45, 7) is 0. The number of carbonyl (C=O) groups is 1. The summed E-state index contributed by atoms with van der Waals surface area (Å²) in [5, 5.41) is -0.142. The van der Waals surface area contributed by atoms with Gasteiger partial charge in [-0.1, -0.05) is 12.1 Å². The molecule has 0 bridgehead atoms. The molecule has 0 atom stereocenters. The van der Waals surface area contributed by atoms with Crippen molar-refractivity contribution in [2.24, 2.45) is 0 Å². The van der Waals surface area contributed by atoms with Crippen molar-refractivity contribution in [3.05, 3.63) is 75.8 Å². The zero-order valence-corrected chi connectivity index (χ0v) is 14.8. The van der Waals surface area contributed by atoms with Gasteiger partial charge in [-0.2, -0.15) is 13.2 Å². The van der Waals surface area contributed by atoms with Crippen LogP contribution in [-0.2, 0) is 17.6 Å². The number of amides is 1. The van der Waals surface area contributed by atoms with Crippen LogP contribution in [0.4, 0.5) is 22.0 Å². The fourth-order valence-electron chi connectivity index (χ4n) is 2.71. The monoisotopic (exact) mass is 411 g/mol. The standard InChI is InChI=1S/C19H14F5N3O2/c20-12-4-1-11(2-5-12)3-8-17(28)26-27-16(10-19(22,23)24)25-15-9-13(21)6-7-14(15)18(27)29/h1-2,4-7,9H,3,8,10H2,(H,26,28). The van der Waals surface area contributed by atoms with Crippen LogP contribution < -0.4 is 11.0 Å². The maximum absolute atomic E-state index is 13.4. The molecule has 0 saturated carbocycles. The van der Waals surface area contributed by atoms with Gasteiger partial charge in [-0.3, -0.25) is 15.0 Å². The van der Waals surface area contributed by atoms with E-state index in [-0.39, 0.29) is 23.7 Å². The average molecular weight is 411 g/mol. The third kappa shape index (κ3) is 5.15. The predicted octanol–water partition coefficient (Wildman–Crippen LogP) is 3.48. The summed E-state index contributed by atoms with van der Waals surface area (Å²) in [5.74, 6) is -2.71. The minimum absolute atomic E-state index is 0.142. The first-order valence-electron chi connectivity index (χ1n) is 8.44. The fourth-order valence-corrected chi connectivity index (χ4v) is 2.71. The lowest BCUT2D eigenvalue weighted by atomic mass is 10.1. The summed E-state index contributed by atoms with van der Waals surface area (Å²) < 4.78 is 65.4. The van der Waals surface area contributed by atoms with Gasteiger partial charge in [0.2, 0.25) is 5.91 Å². The molecular formula is C19H14F5N3O2. The topological polar surface area (TPSA) is 64.0 Å². The van der Waals surface area contributed by atoms with Gasteiger partial charge in [0.05, 0.1) is 10.9 Å². The number of hydrogen-bond acceptors (Lipinski definition) is 3. The van der Waals surface area contributed by atoms with Gasteiger partial charge in [0.15, 0.2) is 0 Å². The Balaban J connectivity index is 1.89. The molecule has 1 aromatic heterocycles. The number of rotatable bonds is 5. The van der Waals surface area contributed by atoms with Gasteiger partial charge in [0.25, 0.3) is 5.56 Å². The van der Waals surface area contributed by atoms with Crippen LogP contribution in [0.1, 0.15) is 17.8 Å². The number of alkyl halides is 3. The van der Waals surface area contributed by atoms with Crippen molar-refractivity contribution in [3.63, 3.8) is 0 Å². The first-order chi connectivity index (χ1) is 13.6. The van der Waals surface area contributed by atoms with Crippen LogP contribution in [0.2, 0.25) is 0 Å². The zero-order chi connectivity index (χ0) is 21.2. The number of carbonyl (C=O) groups excluding carboxylic acids is 1. The highest BCUT2D eigenvalue weighted by atomic mass is 19.4. The molecule has 1 N–H and O–H groups in total. The molecule has 0 aliphatic heterocycles. The van der Waals surface area contributed by atoms with Crippen LogP contribution in [0.25, 0.3) is 10.9 Å². The molecular weight excluding hydrogens is 397 g/mol. The molecule has 3 aromatic rings. The van der Waals surface area contributed by atoms with Crippen molar-refractivity contribution in [2.75, 3.05) is 5.43 Å². The number of nitrogens with zero attached hydrogens (tertiary/aromatic N) is 2. The molecule has 0 spiro atoms. The lowest BCUT2D eigenvalue weighted by molar-refractivity contribution is -0.129. The molecule has 0 aliphatic carbocycles. The molecule has 1 heterocycles. The molecule has 0 radical (unpaired) electrons. The molecule has 3 rings (SSSR count). The van der Waals surface area contributed by atoms with E-state index in [1.165, 1.54) is 24.3 Å². The van der Waals surface area contributed by atoms with Crippen LogP contribution >= 0.6 is 0 Å². The van der Waals surface area contributed by atoms with Crippen molar-refractivity contribution < 1.29 is 26.7 Å². The highest BCUT2D eigenvalue weighted by Crippen LogP contribution is 2.21. The molecule has 2 aromatic carbocycles. The first kappa shape index (κ1) is 20.4. The molecule has 0 aliphatic rings. The Morgan fingerprint density at radius 3 is 2.34 bits per heavy atom. The molecule has 10 heteroatoms. The zero-order valence-electron chi connectivity index (χ0n) is 14.8.